The van der Waals surface area contributed by atoms with Crippen molar-refractivity contribution in [1.29, 1.82) is 0 Å². The summed E-state index contributed by atoms with van der Waals surface area (Å²) in [6, 6.07) is 9.95. The molecule has 6 heteroatoms. The molecule has 0 aliphatic carbocycles. The molecule has 130 valence electrons. The van der Waals surface area contributed by atoms with Crippen LogP contribution in [-0.2, 0) is 11.3 Å². The van der Waals surface area contributed by atoms with Crippen molar-refractivity contribution in [2.75, 3.05) is 13.1 Å². The van der Waals surface area contributed by atoms with Crippen molar-refractivity contribution in [3.63, 3.8) is 0 Å². The van der Waals surface area contributed by atoms with Crippen LogP contribution in [0.3, 0.4) is 0 Å². The molecule has 4 heterocycles. The fourth-order valence-corrected chi connectivity index (χ4v) is 3.64. The Morgan fingerprint density at radius 1 is 1.12 bits per heavy atom. The Morgan fingerprint density at radius 2 is 1.96 bits per heavy atom. The fraction of sp³-hybridized carbons (Fsp3) is 0.421. The maximum Gasteiger partial charge on any atom is 0.222 e. The molecule has 4 rings (SSSR count). The van der Waals surface area contributed by atoms with Crippen molar-refractivity contribution in [2.24, 2.45) is 0 Å². The predicted octanol–water partition coefficient (Wildman–Crippen LogP) is 2.72. The number of piperidine rings is 1. The zero-order valence-electron chi connectivity index (χ0n) is 14.3. The van der Waals surface area contributed by atoms with E-state index in [1.807, 2.05) is 58.2 Å². The molecule has 0 saturated carbocycles. The SMILES string of the molecule is O=C(CCCn1cccc1)N1CCCC(c2nnc3ccccn23)C1. The largest absolute Gasteiger partial charge is 0.354 e. The lowest BCUT2D eigenvalue weighted by atomic mass is 9.97. The number of aryl methyl sites for hydroxylation is 1. The van der Waals surface area contributed by atoms with Crippen LogP contribution in [-0.4, -0.2) is 43.1 Å². The average molecular weight is 337 g/mol. The molecular formula is C19H23N5O. The molecule has 1 unspecified atom stereocenters. The molecule has 0 N–H and O–H groups in total. The van der Waals surface area contributed by atoms with E-state index in [1.54, 1.807) is 0 Å². The first-order valence-corrected chi connectivity index (χ1v) is 8.99. The van der Waals surface area contributed by atoms with Gasteiger partial charge >= 0.3 is 0 Å². The van der Waals surface area contributed by atoms with Gasteiger partial charge < -0.3 is 9.47 Å². The van der Waals surface area contributed by atoms with E-state index in [1.165, 1.54) is 0 Å². The Hall–Kier alpha value is -2.63. The maximum absolute atomic E-state index is 12.6. The van der Waals surface area contributed by atoms with Crippen molar-refractivity contribution in [3.05, 3.63) is 54.7 Å². The van der Waals surface area contributed by atoms with Gasteiger partial charge in [-0.15, -0.1) is 10.2 Å². The number of aromatic nitrogens is 4. The fourth-order valence-electron chi connectivity index (χ4n) is 3.64. The lowest BCUT2D eigenvalue weighted by Crippen LogP contribution is -2.39. The molecule has 3 aromatic heterocycles. The molecular weight excluding hydrogens is 314 g/mol. The summed E-state index contributed by atoms with van der Waals surface area (Å²) in [4.78, 5) is 14.6. The summed E-state index contributed by atoms with van der Waals surface area (Å²) >= 11 is 0. The van der Waals surface area contributed by atoms with Gasteiger partial charge in [0, 0.05) is 50.6 Å². The summed E-state index contributed by atoms with van der Waals surface area (Å²) in [6.45, 7) is 2.50. The molecule has 3 aromatic rings. The van der Waals surface area contributed by atoms with Gasteiger partial charge in [-0.1, -0.05) is 6.07 Å². The molecule has 1 atom stereocenters. The number of rotatable bonds is 5. The van der Waals surface area contributed by atoms with E-state index in [4.69, 9.17) is 0 Å². The van der Waals surface area contributed by atoms with Gasteiger partial charge in [0.05, 0.1) is 0 Å². The van der Waals surface area contributed by atoms with Crippen LogP contribution in [0, 0.1) is 0 Å². The van der Waals surface area contributed by atoms with Crippen LogP contribution < -0.4 is 0 Å². The highest BCUT2D eigenvalue weighted by Crippen LogP contribution is 2.26. The molecule has 1 saturated heterocycles. The number of fused-ring (bicyclic) bond motifs is 1. The van der Waals surface area contributed by atoms with E-state index in [2.05, 4.69) is 14.8 Å². The molecule has 0 aromatic carbocycles. The number of nitrogens with zero attached hydrogens (tertiary/aromatic N) is 5. The second-order valence-electron chi connectivity index (χ2n) is 6.69. The van der Waals surface area contributed by atoms with Crippen molar-refractivity contribution in [2.45, 2.75) is 38.1 Å². The Balaban J connectivity index is 1.38. The van der Waals surface area contributed by atoms with Gasteiger partial charge in [-0.2, -0.15) is 0 Å². The lowest BCUT2D eigenvalue weighted by molar-refractivity contribution is -0.132. The number of likely N-dealkylation sites (tertiary alicyclic amines) is 1. The second kappa shape index (κ2) is 7.09. The highest BCUT2D eigenvalue weighted by Gasteiger charge is 2.27. The third-order valence-electron chi connectivity index (χ3n) is 4.95. The van der Waals surface area contributed by atoms with Crippen molar-refractivity contribution >= 4 is 11.6 Å². The molecule has 0 bridgehead atoms. The van der Waals surface area contributed by atoms with E-state index in [-0.39, 0.29) is 11.8 Å². The topological polar surface area (TPSA) is 55.4 Å². The Labute approximate surface area is 147 Å². The Bertz CT molecular complexity index is 839. The molecule has 25 heavy (non-hydrogen) atoms. The summed E-state index contributed by atoms with van der Waals surface area (Å²) in [7, 11) is 0. The number of pyridine rings is 1. The zero-order valence-corrected chi connectivity index (χ0v) is 14.3. The van der Waals surface area contributed by atoms with E-state index < -0.39 is 0 Å². The predicted molar refractivity (Wildman–Crippen MR) is 95.2 cm³/mol. The van der Waals surface area contributed by atoms with Gasteiger partial charge in [-0.3, -0.25) is 9.20 Å². The Kier molecular flexibility index (Phi) is 4.50. The van der Waals surface area contributed by atoms with Crippen LogP contribution in [0.2, 0.25) is 0 Å². The van der Waals surface area contributed by atoms with Gasteiger partial charge in [-0.25, -0.2) is 0 Å². The minimum Gasteiger partial charge on any atom is -0.354 e. The van der Waals surface area contributed by atoms with Gasteiger partial charge in [0.25, 0.3) is 0 Å². The van der Waals surface area contributed by atoms with Crippen LogP contribution in [0.25, 0.3) is 5.65 Å². The summed E-state index contributed by atoms with van der Waals surface area (Å²) in [5.41, 5.74) is 0.868. The lowest BCUT2D eigenvalue weighted by Gasteiger charge is -2.32. The number of hydrogen-bond donors (Lipinski definition) is 0. The molecule has 0 spiro atoms. The van der Waals surface area contributed by atoms with Crippen LogP contribution >= 0.6 is 0 Å². The van der Waals surface area contributed by atoms with Crippen molar-refractivity contribution in [1.82, 2.24) is 24.1 Å². The first-order valence-electron chi connectivity index (χ1n) is 8.99. The van der Waals surface area contributed by atoms with Gasteiger partial charge in [0.15, 0.2) is 5.65 Å². The second-order valence-corrected chi connectivity index (χ2v) is 6.69. The molecule has 0 radical (unpaired) electrons. The highest BCUT2D eigenvalue weighted by atomic mass is 16.2. The number of amides is 1. The van der Waals surface area contributed by atoms with Gasteiger partial charge in [0.1, 0.15) is 5.82 Å². The van der Waals surface area contributed by atoms with Crippen LogP contribution in [0.5, 0.6) is 0 Å². The monoisotopic (exact) mass is 337 g/mol. The Morgan fingerprint density at radius 3 is 2.84 bits per heavy atom. The molecule has 1 aliphatic heterocycles. The van der Waals surface area contributed by atoms with E-state index in [9.17, 15) is 4.79 Å². The van der Waals surface area contributed by atoms with Crippen LogP contribution in [0.15, 0.2) is 48.9 Å². The zero-order chi connectivity index (χ0) is 17.1. The summed E-state index contributed by atoms with van der Waals surface area (Å²) in [5.74, 6) is 1.49. The van der Waals surface area contributed by atoms with Crippen LogP contribution in [0.4, 0.5) is 0 Å². The molecule has 1 amide bonds. The summed E-state index contributed by atoms with van der Waals surface area (Å²) in [6.07, 6.45) is 9.64. The standard InChI is InChI=1S/C19H23N5O/c25-18(9-6-12-22-10-3-4-11-22)23-13-5-7-16(15-23)19-21-20-17-8-1-2-14-24(17)19/h1-4,8,10-11,14,16H,5-7,9,12-13,15H2. The normalized spacial score (nSPS) is 17.9. The van der Waals surface area contributed by atoms with Crippen molar-refractivity contribution < 1.29 is 4.79 Å². The summed E-state index contributed by atoms with van der Waals surface area (Å²) in [5, 5.41) is 8.63. The third kappa shape index (κ3) is 3.43. The minimum absolute atomic E-state index is 0.255. The number of hydrogen-bond acceptors (Lipinski definition) is 3. The van der Waals surface area contributed by atoms with Crippen molar-refractivity contribution in [3.8, 4) is 0 Å². The summed E-state index contributed by atoms with van der Waals surface area (Å²) < 4.78 is 4.17. The van der Waals surface area contributed by atoms with Gasteiger partial charge in [0.2, 0.25) is 5.91 Å². The molecule has 6 nitrogen and oxygen atoms in total. The molecule has 1 aliphatic rings. The minimum atomic E-state index is 0.255. The molecule has 1 fully saturated rings. The first kappa shape index (κ1) is 15.9. The smallest absolute Gasteiger partial charge is 0.222 e. The van der Waals surface area contributed by atoms with Gasteiger partial charge in [-0.05, 0) is 43.5 Å². The highest BCUT2D eigenvalue weighted by molar-refractivity contribution is 5.76. The maximum atomic E-state index is 12.6. The van der Waals surface area contributed by atoms with Crippen LogP contribution in [0.1, 0.15) is 37.4 Å². The average Bonchev–Trinajstić information content (AvgIpc) is 3.31. The third-order valence-corrected chi connectivity index (χ3v) is 4.95. The number of carbonyl (C=O) groups excluding carboxylic acids is 1. The van der Waals surface area contributed by atoms with E-state index in [0.717, 1.165) is 50.4 Å². The first-order chi connectivity index (χ1) is 12.3. The van der Waals surface area contributed by atoms with E-state index >= 15 is 0 Å². The number of carbonyl (C=O) groups is 1. The van der Waals surface area contributed by atoms with E-state index in [0.29, 0.717) is 6.42 Å². The quantitative estimate of drug-likeness (QED) is 0.719.